The van der Waals surface area contributed by atoms with E-state index < -0.39 is 31.5 Å². The fourth-order valence-electron chi connectivity index (χ4n) is 1.95. The average molecular weight is 315 g/mol. The predicted octanol–water partition coefficient (Wildman–Crippen LogP) is 4.10. The summed E-state index contributed by atoms with van der Waals surface area (Å²) in [5, 5.41) is -0.463. The normalized spacial score (nSPS) is 16.1. The molecule has 0 aliphatic heterocycles. The highest BCUT2D eigenvalue weighted by Gasteiger charge is 2.48. The van der Waals surface area contributed by atoms with Crippen LogP contribution in [0.2, 0.25) is 0 Å². The SMILES string of the molecule is CCC(c1ccccc1S(=O)(=O)C(F)(F)F)C(C)Cl. The van der Waals surface area contributed by atoms with Gasteiger partial charge >= 0.3 is 5.51 Å². The molecule has 108 valence electrons. The largest absolute Gasteiger partial charge is 0.501 e. The zero-order valence-electron chi connectivity index (χ0n) is 10.4. The van der Waals surface area contributed by atoms with Crippen LogP contribution in [0, 0.1) is 0 Å². The van der Waals surface area contributed by atoms with E-state index in [4.69, 9.17) is 11.6 Å². The summed E-state index contributed by atoms with van der Waals surface area (Å²) in [7, 11) is -5.35. The van der Waals surface area contributed by atoms with Gasteiger partial charge in [-0.2, -0.15) is 13.2 Å². The lowest BCUT2D eigenvalue weighted by Crippen LogP contribution is -2.25. The third-order valence-corrected chi connectivity index (χ3v) is 4.77. The van der Waals surface area contributed by atoms with Gasteiger partial charge in [0.05, 0.1) is 4.90 Å². The Morgan fingerprint density at radius 3 is 2.21 bits per heavy atom. The lowest BCUT2D eigenvalue weighted by molar-refractivity contribution is -0.0436. The van der Waals surface area contributed by atoms with Gasteiger partial charge in [0.15, 0.2) is 0 Å². The van der Waals surface area contributed by atoms with E-state index in [-0.39, 0.29) is 5.56 Å². The van der Waals surface area contributed by atoms with Crippen LogP contribution < -0.4 is 0 Å². The number of hydrogen-bond donors (Lipinski definition) is 0. The van der Waals surface area contributed by atoms with E-state index in [1.54, 1.807) is 13.8 Å². The fourth-order valence-corrected chi connectivity index (χ4v) is 3.30. The maximum absolute atomic E-state index is 12.6. The molecule has 2 unspecified atom stereocenters. The molecule has 2 atom stereocenters. The summed E-state index contributed by atoms with van der Waals surface area (Å²) in [6.07, 6.45) is 0.453. The summed E-state index contributed by atoms with van der Waals surface area (Å²) in [5.41, 5.74) is -5.19. The first-order chi connectivity index (χ1) is 8.63. The van der Waals surface area contributed by atoms with Crippen LogP contribution in [0.5, 0.6) is 0 Å². The van der Waals surface area contributed by atoms with Crippen LogP contribution in [0.3, 0.4) is 0 Å². The van der Waals surface area contributed by atoms with Gasteiger partial charge in [0, 0.05) is 11.3 Å². The Kier molecular flexibility index (Phi) is 4.90. The van der Waals surface area contributed by atoms with E-state index in [0.717, 1.165) is 6.07 Å². The molecule has 0 aromatic heterocycles. The standard InChI is InChI=1S/C12H14ClF3O2S/c1-3-9(8(2)13)10-6-4-5-7-11(10)19(17,18)12(14,15)16/h4-9H,3H2,1-2H3. The fraction of sp³-hybridized carbons (Fsp3) is 0.500. The van der Waals surface area contributed by atoms with Gasteiger partial charge in [-0.05, 0) is 25.0 Å². The van der Waals surface area contributed by atoms with Gasteiger partial charge in [0.1, 0.15) is 0 Å². The smallest absolute Gasteiger partial charge is 0.214 e. The van der Waals surface area contributed by atoms with Crippen LogP contribution in [-0.4, -0.2) is 19.3 Å². The molecule has 0 fully saturated rings. The van der Waals surface area contributed by atoms with Crippen molar-refractivity contribution in [3.63, 3.8) is 0 Å². The van der Waals surface area contributed by atoms with E-state index in [0.29, 0.717) is 6.42 Å². The van der Waals surface area contributed by atoms with Gasteiger partial charge in [0.2, 0.25) is 0 Å². The molecule has 0 spiro atoms. The van der Waals surface area contributed by atoms with Crippen molar-refractivity contribution in [3.8, 4) is 0 Å². The van der Waals surface area contributed by atoms with Crippen LogP contribution in [0.15, 0.2) is 29.2 Å². The average Bonchev–Trinajstić information content (AvgIpc) is 2.28. The van der Waals surface area contributed by atoms with E-state index in [2.05, 4.69) is 0 Å². The number of benzene rings is 1. The second-order valence-corrected chi connectivity index (χ2v) is 6.78. The van der Waals surface area contributed by atoms with E-state index >= 15 is 0 Å². The van der Waals surface area contributed by atoms with Crippen molar-refractivity contribution in [2.45, 2.75) is 42.0 Å². The molecule has 0 aliphatic carbocycles. The van der Waals surface area contributed by atoms with Crippen LogP contribution in [0.4, 0.5) is 13.2 Å². The minimum absolute atomic E-state index is 0.116. The number of hydrogen-bond acceptors (Lipinski definition) is 2. The van der Waals surface area contributed by atoms with Crippen LogP contribution >= 0.6 is 11.6 Å². The molecular formula is C12H14ClF3O2S. The third kappa shape index (κ3) is 3.23. The maximum Gasteiger partial charge on any atom is 0.501 e. The van der Waals surface area contributed by atoms with Gasteiger partial charge in [-0.3, -0.25) is 0 Å². The van der Waals surface area contributed by atoms with Gasteiger partial charge in [-0.25, -0.2) is 8.42 Å². The quantitative estimate of drug-likeness (QED) is 0.784. The number of rotatable bonds is 4. The molecule has 0 N–H and O–H groups in total. The topological polar surface area (TPSA) is 34.1 Å². The second-order valence-electron chi connectivity index (χ2n) is 4.18. The molecule has 0 saturated carbocycles. The minimum Gasteiger partial charge on any atom is -0.214 e. The predicted molar refractivity (Wildman–Crippen MR) is 68.0 cm³/mol. The van der Waals surface area contributed by atoms with Gasteiger partial charge in [-0.15, -0.1) is 11.6 Å². The molecule has 2 nitrogen and oxygen atoms in total. The molecule has 7 heteroatoms. The molecule has 0 amide bonds. The summed E-state index contributed by atoms with van der Waals surface area (Å²) >= 11 is 5.94. The maximum atomic E-state index is 12.6. The first kappa shape index (κ1) is 16.3. The molecule has 0 aliphatic rings. The number of sulfone groups is 1. The monoisotopic (exact) mass is 314 g/mol. The molecule has 1 aromatic carbocycles. The molecule has 0 saturated heterocycles. The van der Waals surface area contributed by atoms with Crippen molar-refractivity contribution in [3.05, 3.63) is 29.8 Å². The van der Waals surface area contributed by atoms with Crippen molar-refractivity contribution < 1.29 is 21.6 Å². The Balaban J connectivity index is 3.48. The molecule has 19 heavy (non-hydrogen) atoms. The zero-order chi connectivity index (χ0) is 14.8. The Morgan fingerprint density at radius 2 is 1.79 bits per heavy atom. The molecule has 0 heterocycles. The van der Waals surface area contributed by atoms with Crippen LogP contribution in [0.25, 0.3) is 0 Å². The first-order valence-electron chi connectivity index (χ1n) is 5.67. The van der Waals surface area contributed by atoms with Crippen LogP contribution in [-0.2, 0) is 9.84 Å². The summed E-state index contributed by atoms with van der Waals surface area (Å²) in [6.45, 7) is 3.38. The van der Waals surface area contributed by atoms with E-state index in [9.17, 15) is 21.6 Å². The van der Waals surface area contributed by atoms with Crippen LogP contribution in [0.1, 0.15) is 31.7 Å². The first-order valence-corrected chi connectivity index (χ1v) is 7.59. The number of halogens is 4. The van der Waals surface area contributed by atoms with E-state index in [1.165, 1.54) is 18.2 Å². The highest BCUT2D eigenvalue weighted by atomic mass is 35.5. The third-order valence-electron chi connectivity index (χ3n) is 2.91. The lowest BCUT2D eigenvalue weighted by Gasteiger charge is -2.21. The molecule has 1 aromatic rings. The van der Waals surface area contributed by atoms with Crippen molar-refractivity contribution in [2.75, 3.05) is 0 Å². The highest BCUT2D eigenvalue weighted by molar-refractivity contribution is 7.92. The summed E-state index contributed by atoms with van der Waals surface area (Å²) in [6, 6.07) is 5.13. The van der Waals surface area contributed by atoms with Crippen molar-refractivity contribution in [2.24, 2.45) is 0 Å². The zero-order valence-corrected chi connectivity index (χ0v) is 12.0. The lowest BCUT2D eigenvalue weighted by atomic mass is 9.94. The Bertz CT molecular complexity index is 538. The van der Waals surface area contributed by atoms with Crippen molar-refractivity contribution in [1.82, 2.24) is 0 Å². The Morgan fingerprint density at radius 1 is 1.26 bits per heavy atom. The van der Waals surface area contributed by atoms with Gasteiger partial charge in [0.25, 0.3) is 9.84 Å². The van der Waals surface area contributed by atoms with E-state index in [1.807, 2.05) is 0 Å². The summed E-state index contributed by atoms with van der Waals surface area (Å²) < 4.78 is 61.0. The molecule has 0 bridgehead atoms. The summed E-state index contributed by atoms with van der Waals surface area (Å²) in [5.74, 6) is -0.449. The summed E-state index contributed by atoms with van der Waals surface area (Å²) in [4.78, 5) is -0.707. The number of alkyl halides is 4. The highest BCUT2D eigenvalue weighted by Crippen LogP contribution is 2.37. The molecule has 1 rings (SSSR count). The molecular weight excluding hydrogens is 301 g/mol. The second kappa shape index (κ2) is 5.71. The minimum atomic E-state index is -5.35. The Labute approximate surface area is 115 Å². The van der Waals surface area contributed by atoms with Gasteiger partial charge < -0.3 is 0 Å². The Hall–Kier alpha value is -0.750. The molecule has 0 radical (unpaired) electrons. The van der Waals surface area contributed by atoms with Crippen molar-refractivity contribution >= 4 is 21.4 Å². The van der Waals surface area contributed by atoms with Gasteiger partial charge in [-0.1, -0.05) is 25.1 Å². The van der Waals surface area contributed by atoms with Crippen molar-refractivity contribution in [1.29, 1.82) is 0 Å².